The van der Waals surface area contributed by atoms with Gasteiger partial charge in [-0.3, -0.25) is 29.6 Å². The zero-order valence-electron chi connectivity index (χ0n) is 49.6. The van der Waals surface area contributed by atoms with E-state index in [1.165, 1.54) is 23.3 Å². The molecule has 1 amide bonds. The molecule has 0 bridgehead atoms. The number of aryl methyl sites for hydroxylation is 1. The maximum atomic E-state index is 14.9. The summed E-state index contributed by atoms with van der Waals surface area (Å²) in [7, 11) is -2.91. The van der Waals surface area contributed by atoms with Crippen molar-refractivity contribution in [2.45, 2.75) is 107 Å². The maximum absolute atomic E-state index is 14.9. The number of carbonyl (C=O) groups is 1. The summed E-state index contributed by atoms with van der Waals surface area (Å²) in [6.45, 7) is 15.5. The summed E-state index contributed by atoms with van der Waals surface area (Å²) in [5, 5.41) is 27.0. The Hall–Kier alpha value is -6.92. The number of H-pyrrole nitrogens is 1. The topological polar surface area (TPSA) is 227 Å². The second-order valence-electron chi connectivity index (χ2n) is 25.4. The molecule has 2 saturated carbocycles. The van der Waals surface area contributed by atoms with Gasteiger partial charge in [-0.25, -0.2) is 23.1 Å². The Bertz CT molecular complexity index is 3590. The molecule has 6 aromatic rings. The molecule has 4 saturated heterocycles. The fourth-order valence-electron chi connectivity index (χ4n) is 14.7. The van der Waals surface area contributed by atoms with Gasteiger partial charge < -0.3 is 44.3 Å². The van der Waals surface area contributed by atoms with Gasteiger partial charge in [-0.05, 0) is 142 Å². The predicted molar refractivity (Wildman–Crippen MR) is 330 cm³/mol. The third-order valence-corrected chi connectivity index (χ3v) is 21.2. The molecule has 3 aromatic heterocycles. The number of rotatable bonds is 15. The van der Waals surface area contributed by atoms with Crippen molar-refractivity contribution in [2.24, 2.45) is 11.3 Å². The molecular weight excluding hydrogens is 1110 g/mol. The van der Waals surface area contributed by atoms with Crippen LogP contribution in [0.15, 0.2) is 96.2 Å². The standard InChI is InChI=1S/C64H80N12O9S/c1-43-6-4-5-7-51(43)58-41-70(38-45-30-59(83-3)61(67-37-45)72-24-27-84-28-25-72)22-23-74(58)48-34-64(35-48)17-20-71(21-18-64)47-8-10-52(55(32-47)75-39-49-42-85-29-26-73(49)40-54-56(75)31-46-14-19-65-60(46)68-54)62(77)69-86(81,82)50-9-11-53(57(33-50)76(79)80)66-36-44-12-15-63(2,78)16-13-44/h4-11,14,19,30-33,37,44,48-49,58,66,78H,12-13,15-18,20-29,34-36,38-42H2,1-3H3,(H,65,68)(H,69,77)/t44?,49-,58-,63?/m0/s1. The Morgan fingerprint density at radius 1 is 0.884 bits per heavy atom. The van der Waals surface area contributed by atoms with Crippen LogP contribution in [0.4, 0.5) is 34.3 Å². The highest BCUT2D eigenvalue weighted by Gasteiger charge is 2.50. The minimum Gasteiger partial charge on any atom is -0.493 e. The van der Waals surface area contributed by atoms with E-state index < -0.39 is 37.0 Å². The first-order valence-electron chi connectivity index (χ1n) is 30.7. The number of hydrogen-bond donors (Lipinski definition) is 4. The number of aliphatic hydroxyl groups is 1. The van der Waals surface area contributed by atoms with Crippen LogP contribution in [0.5, 0.6) is 5.75 Å². The molecule has 0 unspecified atom stereocenters. The second kappa shape index (κ2) is 24.0. The molecule has 2 aliphatic carbocycles. The lowest BCUT2D eigenvalue weighted by Crippen LogP contribution is -2.59. The van der Waals surface area contributed by atoms with Crippen LogP contribution in [0, 0.1) is 28.4 Å². The van der Waals surface area contributed by atoms with E-state index in [1.807, 2.05) is 37.5 Å². The molecule has 22 heteroatoms. The summed E-state index contributed by atoms with van der Waals surface area (Å²) in [4.78, 5) is 54.2. The van der Waals surface area contributed by atoms with Crippen LogP contribution in [-0.4, -0.2) is 171 Å². The number of piperazine rings is 1. The highest BCUT2D eigenvalue weighted by molar-refractivity contribution is 7.90. The minimum atomic E-state index is -4.63. The van der Waals surface area contributed by atoms with Crippen molar-refractivity contribution in [1.29, 1.82) is 0 Å². The van der Waals surface area contributed by atoms with E-state index in [9.17, 15) is 28.4 Å². The number of fused-ring (bicyclic) bond motifs is 3. The quantitative estimate of drug-likeness (QED) is 0.0562. The fraction of sp³-hybridized carbons (Fsp3) is 0.516. The Labute approximate surface area is 503 Å². The Kier molecular flexibility index (Phi) is 16.2. The van der Waals surface area contributed by atoms with Crippen LogP contribution in [0.3, 0.4) is 0 Å². The number of ether oxygens (including phenoxy) is 3. The van der Waals surface area contributed by atoms with Gasteiger partial charge in [0.2, 0.25) is 0 Å². The molecule has 1 spiro atoms. The summed E-state index contributed by atoms with van der Waals surface area (Å²) >= 11 is 0. The number of nitrogens with zero attached hydrogens (tertiary/aromatic N) is 9. The molecule has 3 aromatic carbocycles. The fourth-order valence-corrected chi connectivity index (χ4v) is 15.7. The molecule has 8 heterocycles. The van der Waals surface area contributed by atoms with Gasteiger partial charge in [0.15, 0.2) is 11.6 Å². The summed E-state index contributed by atoms with van der Waals surface area (Å²) < 4.78 is 48.6. The minimum absolute atomic E-state index is 0.0606. The van der Waals surface area contributed by atoms with Crippen molar-refractivity contribution in [2.75, 3.05) is 119 Å². The van der Waals surface area contributed by atoms with Gasteiger partial charge in [0.1, 0.15) is 11.3 Å². The Morgan fingerprint density at radius 3 is 2.45 bits per heavy atom. The van der Waals surface area contributed by atoms with E-state index in [0.717, 1.165) is 142 Å². The van der Waals surface area contributed by atoms with Crippen molar-refractivity contribution in [1.82, 2.24) is 34.4 Å². The van der Waals surface area contributed by atoms with Crippen molar-refractivity contribution in [3.05, 3.63) is 129 Å². The van der Waals surface area contributed by atoms with E-state index in [1.54, 1.807) is 13.2 Å². The number of morpholine rings is 2. The molecule has 13 rings (SSSR count). The van der Waals surface area contributed by atoms with E-state index in [4.69, 9.17) is 24.2 Å². The van der Waals surface area contributed by atoms with Crippen LogP contribution < -0.4 is 29.5 Å². The highest BCUT2D eigenvalue weighted by Crippen LogP contribution is 2.54. The first-order chi connectivity index (χ1) is 41.6. The van der Waals surface area contributed by atoms with Gasteiger partial charge in [-0.1, -0.05) is 24.3 Å². The molecule has 6 fully saturated rings. The highest BCUT2D eigenvalue weighted by atomic mass is 32.2. The van der Waals surface area contributed by atoms with Crippen LogP contribution in [0.1, 0.15) is 97.1 Å². The number of sulfonamides is 1. The zero-order valence-corrected chi connectivity index (χ0v) is 50.4. The summed E-state index contributed by atoms with van der Waals surface area (Å²) in [5.41, 5.74) is 7.07. The van der Waals surface area contributed by atoms with Crippen molar-refractivity contribution < 1.29 is 37.5 Å². The van der Waals surface area contributed by atoms with Gasteiger partial charge in [0, 0.05) is 120 Å². The smallest absolute Gasteiger partial charge is 0.293 e. The largest absolute Gasteiger partial charge is 0.493 e. The molecule has 456 valence electrons. The number of amides is 1. The number of pyridine rings is 2. The number of aromatic nitrogens is 3. The average Bonchev–Trinajstić information content (AvgIpc) is 1.44. The molecule has 2 atom stereocenters. The van der Waals surface area contributed by atoms with E-state index in [-0.39, 0.29) is 34.7 Å². The van der Waals surface area contributed by atoms with Crippen molar-refractivity contribution >= 4 is 61.2 Å². The lowest BCUT2D eigenvalue weighted by atomic mass is 9.59. The van der Waals surface area contributed by atoms with E-state index in [2.05, 4.69) is 87.7 Å². The number of nitro groups is 1. The number of hydrogen-bond acceptors (Lipinski definition) is 18. The molecule has 7 aliphatic rings. The normalized spacial score (nSPS) is 24.2. The summed E-state index contributed by atoms with van der Waals surface area (Å²) in [5.74, 6) is 1.01. The van der Waals surface area contributed by atoms with Crippen LogP contribution in [0.25, 0.3) is 11.0 Å². The van der Waals surface area contributed by atoms with E-state index in [0.29, 0.717) is 77.2 Å². The third-order valence-electron chi connectivity index (χ3n) is 19.8. The van der Waals surface area contributed by atoms with E-state index >= 15 is 0 Å². The predicted octanol–water partition coefficient (Wildman–Crippen LogP) is 8.15. The molecule has 5 aliphatic heterocycles. The Balaban J connectivity index is 0.738. The van der Waals surface area contributed by atoms with Crippen LogP contribution in [0.2, 0.25) is 0 Å². The van der Waals surface area contributed by atoms with Gasteiger partial charge in [-0.15, -0.1) is 0 Å². The van der Waals surface area contributed by atoms with Gasteiger partial charge in [0.05, 0.1) is 77.6 Å². The lowest BCUT2D eigenvalue weighted by molar-refractivity contribution is -0.384. The molecular formula is C64H80N12O9S. The molecule has 4 N–H and O–H groups in total. The molecule has 86 heavy (non-hydrogen) atoms. The number of benzene rings is 3. The average molecular weight is 1190 g/mol. The second-order valence-corrected chi connectivity index (χ2v) is 27.1. The van der Waals surface area contributed by atoms with Crippen LogP contribution in [-0.2, 0) is 32.6 Å². The van der Waals surface area contributed by atoms with Gasteiger partial charge >= 0.3 is 0 Å². The molecule has 0 radical (unpaired) electrons. The molecule has 21 nitrogen and oxygen atoms in total. The lowest BCUT2D eigenvalue weighted by Gasteiger charge is -2.58. The first kappa shape index (κ1) is 58.1. The van der Waals surface area contributed by atoms with Gasteiger partial charge in [-0.2, -0.15) is 0 Å². The number of anilines is 5. The summed E-state index contributed by atoms with van der Waals surface area (Å²) in [6.07, 6.45) is 11.0. The number of aromatic amines is 1. The zero-order chi connectivity index (χ0) is 59.3. The number of methoxy groups -OCH3 is 1. The maximum Gasteiger partial charge on any atom is 0.293 e. The van der Waals surface area contributed by atoms with Gasteiger partial charge in [0.25, 0.3) is 21.6 Å². The number of nitro benzene ring substituents is 1. The SMILES string of the molecule is COc1cc(CN2CCN(C3CC4(CCN(c5ccc(C(=O)NS(=O)(=O)c6ccc(NCC7CCC(C)(O)CC7)c([N+](=O)[O-])c6)c(N6C[C@H]7COCCN7Cc7nc8[nH]ccc8cc76)c5)CC4)C3)[C@H](c3ccccc3C)C2)cnc1N1CCOCC1. The number of piperidine rings is 1. The van der Waals surface area contributed by atoms with Crippen molar-refractivity contribution in [3.8, 4) is 5.75 Å². The summed E-state index contributed by atoms with van der Waals surface area (Å²) in [6, 6.07) is 25.1. The monoisotopic (exact) mass is 1190 g/mol. The third kappa shape index (κ3) is 12.0. The number of nitrogens with one attached hydrogen (secondary N) is 3. The van der Waals surface area contributed by atoms with Crippen molar-refractivity contribution in [3.63, 3.8) is 0 Å². The van der Waals surface area contributed by atoms with Crippen LogP contribution >= 0.6 is 0 Å². The number of carbonyl (C=O) groups excluding carboxylic acids is 1. The first-order valence-corrected chi connectivity index (χ1v) is 32.2. The Morgan fingerprint density at radius 2 is 1.67 bits per heavy atom.